The number of rotatable bonds is 7. The standard InChI is InChI=1S/C21H24N4O2S/c1-5-17-7-9-18(10-8-17)20(13-24(26)27)28-21-23-22-16(4)25(21)19-11-6-14(2)15(3)12-19/h6-12,20H,5,13H2,1-4H3/t20-/m0/s1. The topological polar surface area (TPSA) is 73.8 Å². The van der Waals surface area contributed by atoms with Crippen molar-refractivity contribution < 1.29 is 4.92 Å². The van der Waals surface area contributed by atoms with Crippen molar-refractivity contribution in [1.82, 2.24) is 14.8 Å². The van der Waals surface area contributed by atoms with Crippen LogP contribution in [0.15, 0.2) is 47.6 Å². The van der Waals surface area contributed by atoms with Crippen LogP contribution >= 0.6 is 11.8 Å². The van der Waals surface area contributed by atoms with Crippen molar-refractivity contribution in [3.8, 4) is 5.69 Å². The lowest BCUT2D eigenvalue weighted by atomic mass is 10.1. The summed E-state index contributed by atoms with van der Waals surface area (Å²) in [5.41, 5.74) is 5.49. The number of aryl methyl sites for hydroxylation is 4. The van der Waals surface area contributed by atoms with Crippen molar-refractivity contribution in [2.45, 2.75) is 44.5 Å². The van der Waals surface area contributed by atoms with Crippen LogP contribution in [0.2, 0.25) is 0 Å². The average molecular weight is 397 g/mol. The Hall–Kier alpha value is -2.67. The Labute approximate surface area is 169 Å². The minimum atomic E-state index is -0.338. The van der Waals surface area contributed by atoms with Gasteiger partial charge in [0.1, 0.15) is 11.1 Å². The lowest BCUT2D eigenvalue weighted by Gasteiger charge is -2.15. The normalized spacial score (nSPS) is 12.1. The first-order valence-electron chi connectivity index (χ1n) is 9.26. The molecule has 0 fully saturated rings. The summed E-state index contributed by atoms with van der Waals surface area (Å²) >= 11 is 1.38. The lowest BCUT2D eigenvalue weighted by molar-refractivity contribution is -0.479. The Bertz CT molecular complexity index is 983. The summed E-state index contributed by atoms with van der Waals surface area (Å²) in [7, 11) is 0. The zero-order valence-electron chi connectivity index (χ0n) is 16.5. The van der Waals surface area contributed by atoms with Crippen molar-refractivity contribution in [1.29, 1.82) is 0 Å². The lowest BCUT2D eigenvalue weighted by Crippen LogP contribution is -2.11. The van der Waals surface area contributed by atoms with Gasteiger partial charge in [0.15, 0.2) is 5.16 Å². The Balaban J connectivity index is 1.97. The van der Waals surface area contributed by atoms with E-state index in [4.69, 9.17) is 0 Å². The fourth-order valence-electron chi connectivity index (χ4n) is 3.02. The second-order valence-corrected chi connectivity index (χ2v) is 8.02. The van der Waals surface area contributed by atoms with Gasteiger partial charge >= 0.3 is 0 Å². The van der Waals surface area contributed by atoms with Gasteiger partial charge in [0.25, 0.3) is 0 Å². The predicted octanol–water partition coefficient (Wildman–Crippen LogP) is 4.87. The molecule has 0 amide bonds. The van der Waals surface area contributed by atoms with Crippen molar-refractivity contribution in [2.75, 3.05) is 6.54 Å². The fourth-order valence-corrected chi connectivity index (χ4v) is 4.20. The highest BCUT2D eigenvalue weighted by molar-refractivity contribution is 7.99. The Kier molecular flexibility index (Phi) is 6.14. The monoisotopic (exact) mass is 396 g/mol. The predicted molar refractivity (Wildman–Crippen MR) is 112 cm³/mol. The first kappa shape index (κ1) is 20.1. The summed E-state index contributed by atoms with van der Waals surface area (Å²) in [6.07, 6.45) is 0.938. The van der Waals surface area contributed by atoms with Gasteiger partial charge in [0, 0.05) is 10.6 Å². The molecular formula is C21H24N4O2S. The molecule has 0 aliphatic heterocycles. The van der Waals surface area contributed by atoms with Crippen LogP contribution in [0, 0.1) is 30.9 Å². The van der Waals surface area contributed by atoms with Crippen LogP contribution in [-0.2, 0) is 6.42 Å². The van der Waals surface area contributed by atoms with Gasteiger partial charge in [0.05, 0.1) is 0 Å². The number of hydrogen-bond acceptors (Lipinski definition) is 5. The van der Waals surface area contributed by atoms with E-state index in [1.807, 2.05) is 41.8 Å². The fraction of sp³-hybridized carbons (Fsp3) is 0.333. The first-order valence-corrected chi connectivity index (χ1v) is 10.1. The van der Waals surface area contributed by atoms with Crippen LogP contribution in [0.3, 0.4) is 0 Å². The van der Waals surface area contributed by atoms with E-state index in [1.54, 1.807) is 0 Å². The van der Waals surface area contributed by atoms with Gasteiger partial charge in [0.2, 0.25) is 6.54 Å². The number of aromatic nitrogens is 3. The van der Waals surface area contributed by atoms with E-state index in [9.17, 15) is 10.1 Å². The van der Waals surface area contributed by atoms with E-state index >= 15 is 0 Å². The van der Waals surface area contributed by atoms with E-state index in [0.29, 0.717) is 5.16 Å². The molecule has 7 heteroatoms. The first-order chi connectivity index (χ1) is 13.4. The van der Waals surface area contributed by atoms with Crippen LogP contribution in [0.1, 0.15) is 40.3 Å². The molecule has 0 radical (unpaired) electrons. The molecular weight excluding hydrogens is 372 g/mol. The molecule has 6 nitrogen and oxygen atoms in total. The maximum absolute atomic E-state index is 11.3. The molecule has 0 saturated carbocycles. The van der Waals surface area contributed by atoms with Gasteiger partial charge in [-0.1, -0.05) is 49.0 Å². The molecule has 0 aliphatic carbocycles. The van der Waals surface area contributed by atoms with Gasteiger partial charge < -0.3 is 0 Å². The molecule has 1 aromatic heterocycles. The van der Waals surface area contributed by atoms with E-state index in [1.165, 1.54) is 28.5 Å². The summed E-state index contributed by atoms with van der Waals surface area (Å²) in [4.78, 5) is 11.0. The van der Waals surface area contributed by atoms with Gasteiger partial charge in [-0.2, -0.15) is 0 Å². The van der Waals surface area contributed by atoms with Crippen LogP contribution < -0.4 is 0 Å². The highest BCUT2D eigenvalue weighted by Crippen LogP contribution is 2.36. The Morgan fingerprint density at radius 1 is 1.07 bits per heavy atom. The number of hydrogen-bond donors (Lipinski definition) is 0. The SMILES string of the molecule is CCc1ccc([C@H](C[N+](=O)[O-])Sc2nnc(C)n2-c2ccc(C)c(C)c2)cc1. The van der Waals surface area contributed by atoms with E-state index < -0.39 is 0 Å². The molecule has 0 aliphatic rings. The second kappa shape index (κ2) is 8.56. The molecule has 146 valence electrons. The summed E-state index contributed by atoms with van der Waals surface area (Å²) in [6, 6.07) is 14.2. The van der Waals surface area contributed by atoms with E-state index in [-0.39, 0.29) is 16.7 Å². The molecule has 1 atom stereocenters. The number of benzene rings is 2. The Morgan fingerprint density at radius 3 is 2.39 bits per heavy atom. The smallest absolute Gasteiger partial charge is 0.220 e. The maximum Gasteiger partial charge on any atom is 0.220 e. The number of thioether (sulfide) groups is 1. The van der Waals surface area contributed by atoms with Crippen LogP contribution in [-0.4, -0.2) is 26.2 Å². The largest absolute Gasteiger partial charge is 0.274 e. The number of nitro groups is 1. The third-order valence-electron chi connectivity index (χ3n) is 4.87. The molecule has 28 heavy (non-hydrogen) atoms. The van der Waals surface area contributed by atoms with E-state index in [2.05, 4.69) is 43.1 Å². The maximum atomic E-state index is 11.3. The van der Waals surface area contributed by atoms with Crippen LogP contribution in [0.25, 0.3) is 5.69 Å². The van der Waals surface area contributed by atoms with Crippen molar-refractivity contribution in [2.24, 2.45) is 0 Å². The average Bonchev–Trinajstić information content (AvgIpc) is 3.03. The molecule has 3 rings (SSSR count). The van der Waals surface area contributed by atoms with Gasteiger partial charge in [-0.05, 0) is 61.6 Å². The van der Waals surface area contributed by atoms with E-state index in [0.717, 1.165) is 23.5 Å². The summed E-state index contributed by atoms with van der Waals surface area (Å²) in [5.74, 6) is 0.756. The van der Waals surface area contributed by atoms with Gasteiger partial charge in [-0.3, -0.25) is 14.7 Å². The molecule has 0 spiro atoms. The third-order valence-corrected chi connectivity index (χ3v) is 6.05. The molecule has 0 N–H and O–H groups in total. The van der Waals surface area contributed by atoms with Crippen molar-refractivity contribution in [3.63, 3.8) is 0 Å². The molecule has 0 unspecified atom stereocenters. The zero-order valence-corrected chi connectivity index (χ0v) is 17.4. The van der Waals surface area contributed by atoms with Gasteiger partial charge in [-0.15, -0.1) is 10.2 Å². The summed E-state index contributed by atoms with van der Waals surface area (Å²) in [5, 5.41) is 20.1. The van der Waals surface area contributed by atoms with Gasteiger partial charge in [-0.25, -0.2) is 0 Å². The molecule has 0 bridgehead atoms. The molecule has 0 saturated heterocycles. The summed E-state index contributed by atoms with van der Waals surface area (Å²) in [6.45, 7) is 7.95. The molecule has 1 heterocycles. The third kappa shape index (κ3) is 4.42. The van der Waals surface area contributed by atoms with Crippen LogP contribution in [0.4, 0.5) is 0 Å². The number of nitrogens with zero attached hydrogens (tertiary/aromatic N) is 4. The molecule has 2 aromatic carbocycles. The molecule has 3 aromatic rings. The zero-order chi connectivity index (χ0) is 20.3. The summed E-state index contributed by atoms with van der Waals surface area (Å²) < 4.78 is 1.96. The minimum Gasteiger partial charge on any atom is -0.274 e. The van der Waals surface area contributed by atoms with Crippen LogP contribution in [0.5, 0.6) is 0 Å². The highest BCUT2D eigenvalue weighted by Gasteiger charge is 2.23. The second-order valence-electron chi connectivity index (χ2n) is 6.85. The highest BCUT2D eigenvalue weighted by atomic mass is 32.2. The minimum absolute atomic E-state index is 0.172. The Morgan fingerprint density at radius 2 is 1.79 bits per heavy atom. The quantitative estimate of drug-likeness (QED) is 0.324. The van der Waals surface area contributed by atoms with Crippen molar-refractivity contribution in [3.05, 3.63) is 80.7 Å². The van der Waals surface area contributed by atoms with Crippen molar-refractivity contribution >= 4 is 11.8 Å².